The third kappa shape index (κ3) is 5.15. The van der Waals surface area contributed by atoms with Crippen LogP contribution in [0.3, 0.4) is 0 Å². The molecule has 0 bridgehead atoms. The van der Waals surface area contributed by atoms with Gasteiger partial charge in [-0.2, -0.15) is 4.98 Å². The van der Waals surface area contributed by atoms with E-state index in [0.717, 1.165) is 49.8 Å². The number of benzene rings is 2. The summed E-state index contributed by atoms with van der Waals surface area (Å²) in [5.74, 6) is 1.46. The van der Waals surface area contributed by atoms with Gasteiger partial charge in [0.2, 0.25) is 11.9 Å². The molecular weight excluding hydrogens is 629 g/mol. The van der Waals surface area contributed by atoms with Crippen LogP contribution < -0.4 is 25.8 Å². The lowest BCUT2D eigenvalue weighted by molar-refractivity contribution is -0.115. The average molecular weight is 661 g/mol. The molecule has 46 heavy (non-hydrogen) atoms. The molecule has 4 aromatic heterocycles. The van der Waals surface area contributed by atoms with Crippen molar-refractivity contribution in [2.45, 2.75) is 31.3 Å². The topological polar surface area (TPSA) is 137 Å². The second kappa shape index (κ2) is 11.5. The van der Waals surface area contributed by atoms with Crippen LogP contribution in [0, 0.1) is 0 Å². The molecule has 0 unspecified atom stereocenters. The summed E-state index contributed by atoms with van der Waals surface area (Å²) in [4.78, 5) is 37.1. The lowest BCUT2D eigenvalue weighted by atomic mass is 10.2. The number of nitrogens with zero attached hydrogens (tertiary/aromatic N) is 6. The number of furan rings is 2. The summed E-state index contributed by atoms with van der Waals surface area (Å²) >= 11 is 12.7. The van der Waals surface area contributed by atoms with Crippen molar-refractivity contribution in [1.82, 2.24) is 30.6 Å². The number of amides is 1. The van der Waals surface area contributed by atoms with Crippen molar-refractivity contribution >= 4 is 90.8 Å². The molecule has 6 aromatic rings. The van der Waals surface area contributed by atoms with E-state index in [4.69, 9.17) is 52.0 Å². The van der Waals surface area contributed by atoms with Crippen LogP contribution in [0.2, 0.25) is 10.0 Å². The highest BCUT2D eigenvalue weighted by Gasteiger charge is 2.29. The largest absolute Gasteiger partial charge is 0.450 e. The van der Waals surface area contributed by atoms with E-state index in [1.54, 1.807) is 12.1 Å². The highest BCUT2D eigenvalue weighted by Crippen LogP contribution is 2.37. The van der Waals surface area contributed by atoms with E-state index in [2.05, 4.69) is 25.8 Å². The molecule has 2 atom stereocenters. The molecule has 2 fully saturated rings. The Balaban J connectivity index is 1.16. The van der Waals surface area contributed by atoms with Crippen LogP contribution in [-0.4, -0.2) is 78.2 Å². The summed E-state index contributed by atoms with van der Waals surface area (Å²) in [5.41, 5.74) is 3.64. The van der Waals surface area contributed by atoms with Crippen molar-refractivity contribution in [2.24, 2.45) is 0 Å². The van der Waals surface area contributed by atoms with E-state index in [-0.39, 0.29) is 18.3 Å². The number of rotatable bonds is 7. The number of likely N-dealkylation sites (N-methyl/N-ethyl adjacent to an activating group) is 2. The van der Waals surface area contributed by atoms with Gasteiger partial charge < -0.3 is 29.3 Å². The fourth-order valence-corrected chi connectivity index (χ4v) is 6.84. The first-order valence-electron chi connectivity index (χ1n) is 15.3. The standard InChI is InChI=1S/C32H31Cl2N9O3/c1-35-18-7-9-42(14-18)30-28-26(20-11-16(33)3-5-22(20)45-28)37-24(38-30)13-25(44)39-32-40-27-21-12-17(34)4-6-23(21)46-29(27)31(41-32)43-10-8-19(15-43)36-2/h3-6,11-12,18-19,35-36H,7-10,13-15H2,1-2H3,(H,39,40,41,44)/t18-,19-/m1/s1. The molecule has 0 aliphatic carbocycles. The van der Waals surface area contributed by atoms with Gasteiger partial charge in [-0.05, 0) is 63.3 Å². The maximum absolute atomic E-state index is 13.6. The fraction of sp³-hybridized carbons (Fsp3) is 0.344. The molecule has 2 aliphatic heterocycles. The second-order valence-corrected chi connectivity index (χ2v) is 12.7. The fourth-order valence-electron chi connectivity index (χ4n) is 6.50. The first-order chi connectivity index (χ1) is 22.4. The van der Waals surface area contributed by atoms with Crippen LogP contribution in [0.15, 0.2) is 45.2 Å². The van der Waals surface area contributed by atoms with Gasteiger partial charge in [-0.15, -0.1) is 0 Å². The van der Waals surface area contributed by atoms with E-state index in [1.165, 1.54) is 0 Å². The van der Waals surface area contributed by atoms with Crippen LogP contribution in [0.4, 0.5) is 17.6 Å². The van der Waals surface area contributed by atoms with Gasteiger partial charge in [0.15, 0.2) is 22.8 Å². The molecule has 3 N–H and O–H groups in total. The zero-order valence-electron chi connectivity index (χ0n) is 25.2. The van der Waals surface area contributed by atoms with E-state index in [0.29, 0.717) is 73.0 Å². The number of anilines is 3. The number of hydrogen-bond acceptors (Lipinski definition) is 11. The van der Waals surface area contributed by atoms with Gasteiger partial charge in [0.05, 0.1) is 6.42 Å². The Labute approximate surface area is 273 Å². The van der Waals surface area contributed by atoms with Gasteiger partial charge in [0.25, 0.3) is 0 Å². The summed E-state index contributed by atoms with van der Waals surface area (Å²) in [5, 5.41) is 12.2. The lowest BCUT2D eigenvalue weighted by Gasteiger charge is -2.19. The molecule has 14 heteroatoms. The van der Waals surface area contributed by atoms with Crippen molar-refractivity contribution < 1.29 is 13.6 Å². The molecule has 1 amide bonds. The number of aromatic nitrogens is 4. The summed E-state index contributed by atoms with van der Waals surface area (Å²) in [6.07, 6.45) is 1.82. The Bertz CT molecular complexity index is 2000. The molecule has 2 saturated heterocycles. The van der Waals surface area contributed by atoms with Crippen molar-refractivity contribution in [1.29, 1.82) is 0 Å². The van der Waals surface area contributed by atoms with E-state index in [9.17, 15) is 4.79 Å². The SMILES string of the molecule is CN[C@@H]1CCN(c2nc(CC(=O)Nc3nc(N4CC[C@@H](NC)C4)c4oc5ccc(Cl)cc5c4n3)nc3c2oc2ccc(Cl)cc23)C1. The van der Waals surface area contributed by atoms with Gasteiger partial charge in [-0.25, -0.2) is 15.0 Å². The molecule has 0 saturated carbocycles. The summed E-state index contributed by atoms with van der Waals surface area (Å²) in [7, 11) is 3.91. The van der Waals surface area contributed by atoms with Crippen molar-refractivity contribution in [3.8, 4) is 0 Å². The first kappa shape index (κ1) is 29.2. The number of nitrogens with one attached hydrogen (secondary N) is 3. The average Bonchev–Trinajstić information content (AvgIpc) is 3.85. The molecule has 0 radical (unpaired) electrons. The number of halogens is 2. The number of carbonyl (C=O) groups excluding carboxylic acids is 1. The van der Waals surface area contributed by atoms with Crippen LogP contribution in [-0.2, 0) is 11.2 Å². The molecule has 2 aliphatic rings. The third-order valence-electron chi connectivity index (χ3n) is 8.92. The number of hydrogen-bond donors (Lipinski definition) is 3. The zero-order chi connectivity index (χ0) is 31.5. The second-order valence-electron chi connectivity index (χ2n) is 11.8. The molecule has 2 aromatic carbocycles. The van der Waals surface area contributed by atoms with Crippen molar-refractivity contribution in [3.63, 3.8) is 0 Å². The van der Waals surface area contributed by atoms with E-state index in [1.807, 2.05) is 38.4 Å². The van der Waals surface area contributed by atoms with Gasteiger partial charge in [0, 0.05) is 59.1 Å². The summed E-state index contributed by atoms with van der Waals surface area (Å²) in [6.45, 7) is 3.09. The Morgan fingerprint density at radius 1 is 0.804 bits per heavy atom. The minimum atomic E-state index is -0.351. The van der Waals surface area contributed by atoms with Gasteiger partial charge in [-0.1, -0.05) is 23.2 Å². The van der Waals surface area contributed by atoms with Crippen LogP contribution >= 0.6 is 23.2 Å². The highest BCUT2D eigenvalue weighted by molar-refractivity contribution is 6.32. The van der Waals surface area contributed by atoms with Gasteiger partial charge >= 0.3 is 0 Å². The van der Waals surface area contributed by atoms with Gasteiger partial charge in [-0.3, -0.25) is 10.1 Å². The van der Waals surface area contributed by atoms with Gasteiger partial charge in [0.1, 0.15) is 28.0 Å². The minimum absolute atomic E-state index is 0.0975. The van der Waals surface area contributed by atoms with E-state index < -0.39 is 0 Å². The van der Waals surface area contributed by atoms with Crippen LogP contribution in [0.1, 0.15) is 18.7 Å². The third-order valence-corrected chi connectivity index (χ3v) is 9.39. The van der Waals surface area contributed by atoms with Crippen molar-refractivity contribution in [2.75, 3.05) is 55.4 Å². The highest BCUT2D eigenvalue weighted by atomic mass is 35.5. The number of carbonyl (C=O) groups is 1. The molecular formula is C32H31Cl2N9O3. The van der Waals surface area contributed by atoms with Crippen molar-refractivity contribution in [3.05, 3.63) is 52.3 Å². The Morgan fingerprint density at radius 3 is 1.89 bits per heavy atom. The predicted octanol–water partition coefficient (Wildman–Crippen LogP) is 5.15. The predicted molar refractivity (Wildman–Crippen MR) is 180 cm³/mol. The van der Waals surface area contributed by atoms with Crippen LogP contribution in [0.5, 0.6) is 0 Å². The molecule has 0 spiro atoms. The minimum Gasteiger partial charge on any atom is -0.450 e. The first-order valence-corrected chi connectivity index (χ1v) is 16.0. The Kier molecular flexibility index (Phi) is 7.32. The summed E-state index contributed by atoms with van der Waals surface area (Å²) < 4.78 is 12.5. The maximum Gasteiger partial charge on any atom is 0.234 e. The van der Waals surface area contributed by atoms with Crippen LogP contribution in [0.25, 0.3) is 44.1 Å². The van der Waals surface area contributed by atoms with E-state index >= 15 is 0 Å². The quantitative estimate of drug-likeness (QED) is 0.210. The Morgan fingerprint density at radius 2 is 1.35 bits per heavy atom. The molecule has 8 rings (SSSR count). The zero-order valence-corrected chi connectivity index (χ0v) is 26.7. The monoisotopic (exact) mass is 659 g/mol. The molecule has 6 heterocycles. The molecule has 236 valence electrons. The number of fused-ring (bicyclic) bond motifs is 6. The normalized spacial score (nSPS) is 18.6. The maximum atomic E-state index is 13.6. The summed E-state index contributed by atoms with van der Waals surface area (Å²) in [6, 6.07) is 11.5. The smallest absolute Gasteiger partial charge is 0.234 e. The molecule has 12 nitrogen and oxygen atoms in total. The Hall–Kier alpha value is -4.23. The lowest BCUT2D eigenvalue weighted by Crippen LogP contribution is -2.30.